The van der Waals surface area contributed by atoms with Crippen LogP contribution in [0, 0.1) is 0 Å². The van der Waals surface area contributed by atoms with Crippen LogP contribution in [0.2, 0.25) is 0 Å². The van der Waals surface area contributed by atoms with Gasteiger partial charge in [-0.2, -0.15) is 11.8 Å². The van der Waals surface area contributed by atoms with Crippen LogP contribution in [-0.2, 0) is 5.75 Å². The molecular formula is C7H11BrN2S2. The van der Waals surface area contributed by atoms with Gasteiger partial charge in [-0.05, 0) is 12.7 Å². The molecule has 1 unspecified atom stereocenters. The maximum Gasteiger partial charge on any atom is 0.131 e. The third-order valence-corrected chi connectivity index (χ3v) is 4.54. The van der Waals surface area contributed by atoms with Crippen molar-refractivity contribution in [3.63, 3.8) is 0 Å². The first kappa shape index (κ1) is 10.5. The fourth-order valence-corrected chi connectivity index (χ4v) is 2.71. The smallest absolute Gasteiger partial charge is 0.131 e. The summed E-state index contributed by atoms with van der Waals surface area (Å²) >= 11 is 7.03. The molecule has 1 heterocycles. The maximum absolute atomic E-state index is 4.11. The van der Waals surface area contributed by atoms with Crippen molar-refractivity contribution in [1.29, 1.82) is 0 Å². The van der Waals surface area contributed by atoms with Crippen molar-refractivity contribution in [2.45, 2.75) is 23.9 Å². The number of aromatic nitrogens is 2. The Hall–Kier alpha value is 0.390. The van der Waals surface area contributed by atoms with E-state index in [1.165, 1.54) is 0 Å². The van der Waals surface area contributed by atoms with Crippen LogP contribution in [-0.4, -0.2) is 16.5 Å². The van der Waals surface area contributed by atoms with Crippen LogP contribution in [0.15, 0.2) is 0 Å². The van der Waals surface area contributed by atoms with Crippen LogP contribution < -0.4 is 0 Å². The first-order chi connectivity index (χ1) is 5.77. The molecule has 1 aromatic heterocycles. The van der Waals surface area contributed by atoms with Crippen LogP contribution in [0.4, 0.5) is 0 Å². The van der Waals surface area contributed by atoms with Gasteiger partial charge in [-0.15, -0.1) is 10.2 Å². The maximum atomic E-state index is 4.11. The van der Waals surface area contributed by atoms with Crippen molar-refractivity contribution in [1.82, 2.24) is 10.2 Å². The summed E-state index contributed by atoms with van der Waals surface area (Å²) in [5.74, 6) is 0.973. The van der Waals surface area contributed by atoms with Gasteiger partial charge in [0.25, 0.3) is 0 Å². The fraction of sp³-hybridized carbons (Fsp3) is 0.714. The highest BCUT2D eigenvalue weighted by Crippen LogP contribution is 2.29. The van der Waals surface area contributed by atoms with Crippen LogP contribution in [0.1, 0.15) is 28.2 Å². The Balaban J connectivity index is 2.63. The molecule has 1 aromatic rings. The molecule has 0 spiro atoms. The number of nitrogens with zero attached hydrogens (tertiary/aromatic N) is 2. The van der Waals surface area contributed by atoms with Crippen LogP contribution in [0.3, 0.4) is 0 Å². The normalized spacial score (nSPS) is 13.2. The lowest BCUT2D eigenvalue weighted by Crippen LogP contribution is -1.84. The van der Waals surface area contributed by atoms with Gasteiger partial charge in [-0.1, -0.05) is 34.2 Å². The number of alkyl halides is 1. The first-order valence-corrected chi connectivity index (χ1v) is 6.85. The number of thioether (sulfide) groups is 1. The van der Waals surface area contributed by atoms with E-state index < -0.39 is 0 Å². The van der Waals surface area contributed by atoms with E-state index in [2.05, 4.69) is 39.3 Å². The van der Waals surface area contributed by atoms with Crippen LogP contribution in [0.25, 0.3) is 0 Å². The molecule has 0 bridgehead atoms. The summed E-state index contributed by atoms with van der Waals surface area (Å²) in [7, 11) is 0. The Morgan fingerprint density at radius 3 is 2.92 bits per heavy atom. The van der Waals surface area contributed by atoms with Gasteiger partial charge < -0.3 is 0 Å². The summed E-state index contributed by atoms with van der Waals surface area (Å²) in [6.45, 7) is 2.13. The van der Waals surface area contributed by atoms with Crippen molar-refractivity contribution in [2.75, 3.05) is 6.26 Å². The second-order valence-electron chi connectivity index (χ2n) is 2.34. The zero-order chi connectivity index (χ0) is 8.97. The van der Waals surface area contributed by atoms with E-state index in [4.69, 9.17) is 0 Å². The number of hydrogen-bond donors (Lipinski definition) is 0. The molecule has 0 N–H and O–H groups in total. The van der Waals surface area contributed by atoms with E-state index in [0.717, 1.165) is 22.2 Å². The standard InChI is InChI=1S/C7H11BrN2S2/c1-3-5(8)7-10-9-6(12-7)4-11-2/h5H,3-4H2,1-2H3. The van der Waals surface area contributed by atoms with Gasteiger partial charge in [-0.25, -0.2) is 0 Å². The van der Waals surface area contributed by atoms with Gasteiger partial charge >= 0.3 is 0 Å². The minimum absolute atomic E-state index is 0.380. The first-order valence-electron chi connectivity index (χ1n) is 3.73. The molecule has 5 heteroatoms. The Kier molecular flexibility index (Phi) is 4.53. The topological polar surface area (TPSA) is 25.8 Å². The molecule has 0 aliphatic heterocycles. The van der Waals surface area contributed by atoms with E-state index in [-0.39, 0.29) is 0 Å². The largest absolute Gasteiger partial charge is 0.158 e. The Labute approximate surface area is 89.3 Å². The lowest BCUT2D eigenvalue weighted by Gasteiger charge is -1.97. The summed E-state index contributed by atoms with van der Waals surface area (Å²) in [6, 6.07) is 0. The number of hydrogen-bond acceptors (Lipinski definition) is 4. The van der Waals surface area contributed by atoms with Gasteiger partial charge in [0, 0.05) is 5.75 Å². The SMILES string of the molecule is CCC(Br)c1nnc(CSC)s1. The number of rotatable bonds is 4. The quantitative estimate of drug-likeness (QED) is 0.783. The fourth-order valence-electron chi connectivity index (χ4n) is 0.750. The van der Waals surface area contributed by atoms with Crippen molar-refractivity contribution in [3.8, 4) is 0 Å². The molecule has 1 atom stereocenters. The third-order valence-electron chi connectivity index (χ3n) is 1.38. The molecular weight excluding hydrogens is 256 g/mol. The van der Waals surface area contributed by atoms with E-state index in [1.807, 2.05) is 0 Å². The van der Waals surface area contributed by atoms with E-state index in [9.17, 15) is 0 Å². The van der Waals surface area contributed by atoms with E-state index in [0.29, 0.717) is 4.83 Å². The van der Waals surface area contributed by atoms with Crippen molar-refractivity contribution < 1.29 is 0 Å². The average molecular weight is 267 g/mol. The summed E-state index contributed by atoms with van der Waals surface area (Å²) in [4.78, 5) is 0.380. The summed E-state index contributed by atoms with van der Waals surface area (Å²) in [5, 5.41) is 10.4. The van der Waals surface area contributed by atoms with Crippen LogP contribution >= 0.6 is 39.0 Å². The minimum Gasteiger partial charge on any atom is -0.158 e. The highest BCUT2D eigenvalue weighted by Gasteiger charge is 2.10. The van der Waals surface area contributed by atoms with Gasteiger partial charge in [0.2, 0.25) is 0 Å². The molecule has 0 fully saturated rings. The van der Waals surface area contributed by atoms with Gasteiger partial charge in [0.05, 0.1) is 4.83 Å². The predicted molar refractivity (Wildman–Crippen MR) is 59.1 cm³/mol. The highest BCUT2D eigenvalue weighted by molar-refractivity contribution is 9.09. The highest BCUT2D eigenvalue weighted by atomic mass is 79.9. The Bertz CT molecular complexity index is 239. The number of halogens is 1. The molecule has 0 saturated carbocycles. The lowest BCUT2D eigenvalue weighted by atomic mass is 10.4. The minimum atomic E-state index is 0.380. The monoisotopic (exact) mass is 266 g/mol. The molecule has 0 aliphatic rings. The molecule has 0 saturated heterocycles. The van der Waals surface area contributed by atoms with E-state index >= 15 is 0 Å². The van der Waals surface area contributed by atoms with E-state index in [1.54, 1.807) is 23.1 Å². The van der Waals surface area contributed by atoms with Gasteiger partial charge in [0.15, 0.2) is 0 Å². The summed E-state index contributed by atoms with van der Waals surface area (Å²) in [5.41, 5.74) is 0. The zero-order valence-electron chi connectivity index (χ0n) is 7.08. The van der Waals surface area contributed by atoms with Gasteiger partial charge in [0.1, 0.15) is 10.0 Å². The predicted octanol–water partition coefficient (Wildman–Crippen LogP) is 3.25. The third kappa shape index (κ3) is 2.71. The van der Waals surface area contributed by atoms with Crippen LogP contribution in [0.5, 0.6) is 0 Å². The second-order valence-corrected chi connectivity index (χ2v) is 5.41. The molecule has 68 valence electrons. The summed E-state index contributed by atoms with van der Waals surface area (Å²) in [6.07, 6.45) is 3.14. The van der Waals surface area contributed by atoms with Crippen molar-refractivity contribution in [3.05, 3.63) is 10.0 Å². The molecule has 0 amide bonds. The molecule has 1 rings (SSSR count). The molecule has 0 aliphatic carbocycles. The van der Waals surface area contributed by atoms with Gasteiger partial charge in [-0.3, -0.25) is 0 Å². The molecule has 0 radical (unpaired) electrons. The average Bonchev–Trinajstić information content (AvgIpc) is 2.52. The van der Waals surface area contributed by atoms with Crippen molar-refractivity contribution >= 4 is 39.0 Å². The molecule has 2 nitrogen and oxygen atoms in total. The zero-order valence-corrected chi connectivity index (χ0v) is 10.3. The lowest BCUT2D eigenvalue weighted by molar-refractivity contribution is 0.865. The second kappa shape index (κ2) is 5.19. The summed E-state index contributed by atoms with van der Waals surface area (Å²) < 4.78 is 0. The Morgan fingerprint density at radius 2 is 2.33 bits per heavy atom. The molecule has 12 heavy (non-hydrogen) atoms. The molecule has 0 aromatic carbocycles. The Morgan fingerprint density at radius 1 is 1.58 bits per heavy atom. The van der Waals surface area contributed by atoms with Crippen molar-refractivity contribution in [2.24, 2.45) is 0 Å².